The second kappa shape index (κ2) is 13.5. The number of benzene rings is 1. The first-order chi connectivity index (χ1) is 12.6. The minimum atomic E-state index is 0. The third kappa shape index (κ3) is 8.51. The SMILES string of the molecule is CCNC(=NCC(c1ccc(Cl)cc1)N1CCOCC1)NC(C)COC.I. The van der Waals surface area contributed by atoms with Gasteiger partial charge in [0.1, 0.15) is 0 Å². The number of rotatable bonds is 8. The van der Waals surface area contributed by atoms with Gasteiger partial charge in [-0.05, 0) is 31.5 Å². The Morgan fingerprint density at radius 1 is 1.30 bits per heavy atom. The molecule has 2 atom stereocenters. The van der Waals surface area contributed by atoms with Gasteiger partial charge in [-0.2, -0.15) is 0 Å². The molecule has 1 aromatic carbocycles. The molecule has 154 valence electrons. The number of halogens is 2. The van der Waals surface area contributed by atoms with Crippen LogP contribution in [-0.4, -0.2) is 70.0 Å². The summed E-state index contributed by atoms with van der Waals surface area (Å²) in [7, 11) is 1.71. The summed E-state index contributed by atoms with van der Waals surface area (Å²) in [6.45, 7) is 9.60. The average molecular weight is 511 g/mol. The molecule has 1 heterocycles. The highest BCUT2D eigenvalue weighted by Crippen LogP contribution is 2.24. The summed E-state index contributed by atoms with van der Waals surface area (Å²) in [6.07, 6.45) is 0. The lowest BCUT2D eigenvalue weighted by atomic mass is 10.0. The zero-order valence-corrected chi connectivity index (χ0v) is 19.5. The molecule has 6 nitrogen and oxygen atoms in total. The van der Waals surface area contributed by atoms with Gasteiger partial charge in [-0.25, -0.2) is 0 Å². The summed E-state index contributed by atoms with van der Waals surface area (Å²) in [5.41, 5.74) is 1.22. The smallest absolute Gasteiger partial charge is 0.191 e. The number of hydrogen-bond acceptors (Lipinski definition) is 4. The van der Waals surface area contributed by atoms with Crippen molar-refractivity contribution in [2.24, 2.45) is 4.99 Å². The molecular weight excluding hydrogens is 479 g/mol. The molecule has 27 heavy (non-hydrogen) atoms. The summed E-state index contributed by atoms with van der Waals surface area (Å²) in [4.78, 5) is 7.26. The van der Waals surface area contributed by atoms with Crippen LogP contribution in [0.4, 0.5) is 0 Å². The van der Waals surface area contributed by atoms with Crippen molar-refractivity contribution in [1.29, 1.82) is 0 Å². The van der Waals surface area contributed by atoms with Crippen LogP contribution >= 0.6 is 35.6 Å². The van der Waals surface area contributed by atoms with Crippen LogP contribution in [-0.2, 0) is 9.47 Å². The Morgan fingerprint density at radius 3 is 2.56 bits per heavy atom. The van der Waals surface area contributed by atoms with Gasteiger partial charge in [-0.15, -0.1) is 24.0 Å². The van der Waals surface area contributed by atoms with Crippen molar-refractivity contribution in [3.63, 3.8) is 0 Å². The minimum absolute atomic E-state index is 0. The molecule has 0 bridgehead atoms. The van der Waals surface area contributed by atoms with E-state index in [1.54, 1.807) is 7.11 Å². The van der Waals surface area contributed by atoms with E-state index in [4.69, 9.17) is 26.1 Å². The maximum atomic E-state index is 6.06. The van der Waals surface area contributed by atoms with E-state index in [0.717, 1.165) is 43.8 Å². The number of nitrogens with zero attached hydrogens (tertiary/aromatic N) is 2. The van der Waals surface area contributed by atoms with E-state index in [2.05, 4.69) is 41.5 Å². The zero-order chi connectivity index (χ0) is 18.8. The maximum absolute atomic E-state index is 6.06. The molecule has 1 aliphatic heterocycles. The van der Waals surface area contributed by atoms with E-state index in [1.807, 2.05) is 12.1 Å². The quantitative estimate of drug-likeness (QED) is 0.320. The van der Waals surface area contributed by atoms with Gasteiger partial charge in [0.25, 0.3) is 0 Å². The van der Waals surface area contributed by atoms with Crippen molar-refractivity contribution in [3.8, 4) is 0 Å². The topological polar surface area (TPSA) is 58.1 Å². The van der Waals surface area contributed by atoms with Crippen LogP contribution in [0.25, 0.3) is 0 Å². The van der Waals surface area contributed by atoms with E-state index in [9.17, 15) is 0 Å². The molecule has 1 fully saturated rings. The molecule has 0 spiro atoms. The Morgan fingerprint density at radius 2 is 1.96 bits per heavy atom. The fourth-order valence-corrected chi connectivity index (χ4v) is 3.15. The first-order valence-corrected chi connectivity index (χ1v) is 9.62. The lowest BCUT2D eigenvalue weighted by molar-refractivity contribution is 0.0179. The lowest BCUT2D eigenvalue weighted by Gasteiger charge is -2.34. The first-order valence-electron chi connectivity index (χ1n) is 9.25. The number of guanidine groups is 1. The number of hydrogen-bond donors (Lipinski definition) is 2. The first kappa shape index (κ1) is 24.4. The molecule has 1 saturated heterocycles. The Labute approximate surface area is 185 Å². The van der Waals surface area contributed by atoms with Gasteiger partial charge < -0.3 is 20.1 Å². The Kier molecular flexibility index (Phi) is 12.3. The Hall–Kier alpha value is -0.610. The van der Waals surface area contributed by atoms with Crippen LogP contribution in [0.15, 0.2) is 29.3 Å². The molecule has 0 aromatic heterocycles. The molecule has 1 aliphatic rings. The third-order valence-corrected chi connectivity index (χ3v) is 4.56. The highest BCUT2D eigenvalue weighted by Gasteiger charge is 2.22. The molecule has 2 rings (SSSR count). The van der Waals surface area contributed by atoms with E-state index in [-0.39, 0.29) is 36.1 Å². The van der Waals surface area contributed by atoms with Crippen molar-refractivity contribution in [3.05, 3.63) is 34.9 Å². The molecular formula is C19H32ClIN4O2. The highest BCUT2D eigenvalue weighted by molar-refractivity contribution is 14.0. The van der Waals surface area contributed by atoms with Crippen molar-refractivity contribution < 1.29 is 9.47 Å². The van der Waals surface area contributed by atoms with Crippen LogP contribution < -0.4 is 10.6 Å². The van der Waals surface area contributed by atoms with Gasteiger partial charge in [0, 0.05) is 37.8 Å². The normalized spacial score (nSPS) is 17.7. The number of aliphatic imine (C=N–C) groups is 1. The monoisotopic (exact) mass is 510 g/mol. The zero-order valence-electron chi connectivity index (χ0n) is 16.4. The van der Waals surface area contributed by atoms with Gasteiger partial charge in [-0.3, -0.25) is 9.89 Å². The summed E-state index contributed by atoms with van der Waals surface area (Å²) in [5, 5.41) is 7.45. The number of methoxy groups -OCH3 is 1. The van der Waals surface area contributed by atoms with E-state index in [1.165, 1.54) is 5.56 Å². The van der Waals surface area contributed by atoms with Crippen LogP contribution in [0.1, 0.15) is 25.5 Å². The van der Waals surface area contributed by atoms with E-state index >= 15 is 0 Å². The summed E-state index contributed by atoms with van der Waals surface area (Å²) >= 11 is 6.06. The molecule has 0 radical (unpaired) electrons. The predicted octanol–water partition coefficient (Wildman–Crippen LogP) is 2.92. The Balaban J connectivity index is 0.00000364. The van der Waals surface area contributed by atoms with Crippen molar-refractivity contribution >= 4 is 41.5 Å². The van der Waals surface area contributed by atoms with Gasteiger partial charge in [-0.1, -0.05) is 23.7 Å². The predicted molar refractivity (Wildman–Crippen MR) is 122 cm³/mol. The second-order valence-corrected chi connectivity index (χ2v) is 6.87. The maximum Gasteiger partial charge on any atom is 0.191 e. The summed E-state index contributed by atoms with van der Waals surface area (Å²) < 4.78 is 10.7. The number of nitrogens with one attached hydrogen (secondary N) is 2. The minimum Gasteiger partial charge on any atom is -0.383 e. The molecule has 0 aliphatic carbocycles. The van der Waals surface area contributed by atoms with Crippen LogP contribution in [0, 0.1) is 0 Å². The summed E-state index contributed by atoms with van der Waals surface area (Å²) in [6, 6.07) is 8.45. The van der Waals surface area contributed by atoms with Crippen LogP contribution in [0.2, 0.25) is 5.02 Å². The number of morpholine rings is 1. The van der Waals surface area contributed by atoms with Gasteiger partial charge in [0.2, 0.25) is 0 Å². The summed E-state index contributed by atoms with van der Waals surface area (Å²) in [5.74, 6) is 0.810. The average Bonchev–Trinajstić information content (AvgIpc) is 2.64. The van der Waals surface area contributed by atoms with E-state index in [0.29, 0.717) is 13.2 Å². The fourth-order valence-electron chi connectivity index (χ4n) is 3.03. The Bertz CT molecular complexity index is 553. The largest absolute Gasteiger partial charge is 0.383 e. The van der Waals surface area contributed by atoms with Crippen molar-refractivity contribution in [2.75, 3.05) is 53.1 Å². The standard InChI is InChI=1S/C19H31ClN4O2.HI/c1-4-21-19(23-15(2)14-25-3)22-13-18(24-9-11-26-12-10-24)16-5-7-17(20)8-6-16;/h5-8,15,18H,4,9-14H2,1-3H3,(H2,21,22,23);1H. The van der Waals surface area contributed by atoms with E-state index < -0.39 is 0 Å². The number of ether oxygens (including phenoxy) is 2. The highest BCUT2D eigenvalue weighted by atomic mass is 127. The van der Waals surface area contributed by atoms with Gasteiger partial charge >= 0.3 is 0 Å². The molecule has 1 aromatic rings. The van der Waals surface area contributed by atoms with Gasteiger partial charge in [0.05, 0.1) is 32.4 Å². The fraction of sp³-hybridized carbons (Fsp3) is 0.632. The molecule has 2 N–H and O–H groups in total. The molecule has 2 unspecified atom stereocenters. The lowest BCUT2D eigenvalue weighted by Crippen LogP contribution is -2.45. The van der Waals surface area contributed by atoms with Crippen LogP contribution in [0.3, 0.4) is 0 Å². The molecule has 8 heteroatoms. The second-order valence-electron chi connectivity index (χ2n) is 6.44. The molecule has 0 saturated carbocycles. The van der Waals surface area contributed by atoms with Crippen molar-refractivity contribution in [2.45, 2.75) is 25.9 Å². The third-order valence-electron chi connectivity index (χ3n) is 4.31. The van der Waals surface area contributed by atoms with Crippen LogP contribution in [0.5, 0.6) is 0 Å². The van der Waals surface area contributed by atoms with Crippen molar-refractivity contribution in [1.82, 2.24) is 15.5 Å². The molecule has 0 amide bonds. The van der Waals surface area contributed by atoms with Gasteiger partial charge in [0.15, 0.2) is 5.96 Å².